The van der Waals surface area contributed by atoms with Crippen molar-refractivity contribution < 1.29 is 37.8 Å². The third-order valence-electron chi connectivity index (χ3n) is 8.75. The molecule has 0 bridgehead atoms. The monoisotopic (exact) mass is 686 g/mol. The lowest BCUT2D eigenvalue weighted by Crippen LogP contribution is -2.08. The number of hydrogen-bond acceptors (Lipinski definition) is 4. The summed E-state index contributed by atoms with van der Waals surface area (Å²) in [5.74, 6) is -0.483. The molecule has 0 aliphatic carbocycles. The molecule has 0 spiro atoms. The lowest BCUT2D eigenvalue weighted by molar-refractivity contribution is 0.281. The van der Waals surface area contributed by atoms with Crippen molar-refractivity contribution in [2.45, 2.75) is 55.4 Å². The van der Waals surface area contributed by atoms with Crippen LogP contribution in [0, 0.1) is 55.4 Å². The Balaban J connectivity index is 2.32. The van der Waals surface area contributed by atoms with E-state index in [1.165, 1.54) is 0 Å². The summed E-state index contributed by atoms with van der Waals surface area (Å²) in [6, 6.07) is 22.7. The van der Waals surface area contributed by atoms with Crippen LogP contribution in [0.1, 0.15) is 44.5 Å². The van der Waals surface area contributed by atoms with Gasteiger partial charge in [-0.15, -0.1) is 0 Å². The fraction of sp³-hybridized carbons (Fsp3) is 0.211. The summed E-state index contributed by atoms with van der Waals surface area (Å²) in [5.41, 5.74) is 10.0. The van der Waals surface area contributed by atoms with E-state index >= 15 is 0 Å². The van der Waals surface area contributed by atoms with Gasteiger partial charge in [0.25, 0.3) is 0 Å². The van der Waals surface area contributed by atoms with Crippen molar-refractivity contribution in [1.82, 2.24) is 0 Å². The lowest BCUT2D eigenvalue weighted by Gasteiger charge is -2.31. The fourth-order valence-corrected chi connectivity index (χ4v) is 7.76. The average molecular weight is 687 g/mol. The summed E-state index contributed by atoms with van der Waals surface area (Å²) in [5, 5.41) is 0. The van der Waals surface area contributed by atoms with Crippen LogP contribution in [-0.2, 0) is 9.13 Å². The minimum atomic E-state index is -5.30. The third kappa shape index (κ3) is 6.79. The first kappa shape index (κ1) is 35.3. The highest BCUT2D eigenvalue weighted by Crippen LogP contribution is 2.63. The van der Waals surface area contributed by atoms with Gasteiger partial charge < -0.3 is 9.05 Å². The fourth-order valence-electron chi connectivity index (χ4n) is 6.91. The summed E-state index contributed by atoms with van der Waals surface area (Å²) in [6.07, 6.45) is 0. The maximum Gasteiger partial charge on any atom is 0.524 e. The van der Waals surface area contributed by atoms with E-state index in [0.29, 0.717) is 50.1 Å². The molecule has 5 rings (SSSR count). The van der Waals surface area contributed by atoms with E-state index in [1.807, 2.05) is 128 Å². The third-order valence-corrected chi connectivity index (χ3v) is 9.59. The predicted molar refractivity (Wildman–Crippen MR) is 191 cm³/mol. The average Bonchev–Trinajstić information content (AvgIpc) is 2.95. The van der Waals surface area contributed by atoms with Crippen molar-refractivity contribution in [3.8, 4) is 56.0 Å². The second kappa shape index (κ2) is 13.1. The molecule has 0 amide bonds. The minimum absolute atomic E-state index is 0.0301. The van der Waals surface area contributed by atoms with Crippen molar-refractivity contribution in [2.24, 2.45) is 0 Å². The van der Waals surface area contributed by atoms with Gasteiger partial charge in [-0.2, -0.15) is 0 Å². The van der Waals surface area contributed by atoms with Gasteiger partial charge >= 0.3 is 15.6 Å². The van der Waals surface area contributed by atoms with Crippen LogP contribution in [0.5, 0.6) is 11.5 Å². The molecule has 0 saturated carbocycles. The summed E-state index contributed by atoms with van der Waals surface area (Å²) in [4.78, 5) is 42.2. The van der Waals surface area contributed by atoms with Gasteiger partial charge in [0.15, 0.2) is 11.5 Å². The van der Waals surface area contributed by atoms with Crippen LogP contribution in [0.15, 0.2) is 72.8 Å². The van der Waals surface area contributed by atoms with Crippen molar-refractivity contribution in [1.29, 1.82) is 0 Å². The molecule has 250 valence electrons. The van der Waals surface area contributed by atoms with Gasteiger partial charge in [-0.25, -0.2) is 9.13 Å². The Morgan fingerprint density at radius 1 is 0.354 bits per heavy atom. The zero-order valence-electron chi connectivity index (χ0n) is 28.2. The number of hydrogen-bond donors (Lipinski definition) is 4. The van der Waals surface area contributed by atoms with Crippen LogP contribution in [0.4, 0.5) is 0 Å². The van der Waals surface area contributed by atoms with E-state index in [0.717, 1.165) is 33.4 Å². The minimum Gasteiger partial charge on any atom is -0.403 e. The molecular formula is C38H40O8P2. The molecule has 0 aliphatic rings. The number of phosphoric ester groups is 2. The highest BCUT2D eigenvalue weighted by atomic mass is 31.2. The van der Waals surface area contributed by atoms with Gasteiger partial charge in [-0.1, -0.05) is 72.8 Å². The van der Waals surface area contributed by atoms with Gasteiger partial charge in [0.05, 0.1) is 5.56 Å². The number of phosphoric acid groups is 2. The maximum absolute atomic E-state index is 13.0. The van der Waals surface area contributed by atoms with Crippen molar-refractivity contribution in [3.63, 3.8) is 0 Å². The summed E-state index contributed by atoms with van der Waals surface area (Å²) >= 11 is 0. The molecule has 0 fully saturated rings. The van der Waals surface area contributed by atoms with E-state index in [-0.39, 0.29) is 17.1 Å². The Labute approximate surface area is 281 Å². The van der Waals surface area contributed by atoms with Crippen LogP contribution >= 0.6 is 15.6 Å². The first-order valence-corrected chi connectivity index (χ1v) is 18.5. The Morgan fingerprint density at radius 2 is 0.562 bits per heavy atom. The molecule has 48 heavy (non-hydrogen) atoms. The zero-order valence-corrected chi connectivity index (χ0v) is 30.0. The Kier molecular flexibility index (Phi) is 9.66. The molecule has 10 heteroatoms. The second-order valence-corrected chi connectivity index (χ2v) is 14.7. The van der Waals surface area contributed by atoms with Crippen LogP contribution in [0.25, 0.3) is 44.5 Å². The molecule has 5 aromatic rings. The highest BCUT2D eigenvalue weighted by Gasteiger charge is 2.38. The Hall–Kier alpha value is -4.00. The molecule has 0 atom stereocenters. The van der Waals surface area contributed by atoms with Gasteiger partial charge in [0.2, 0.25) is 0 Å². The summed E-state index contributed by atoms with van der Waals surface area (Å²) in [6.45, 7) is 15.1. The first-order valence-electron chi connectivity index (χ1n) is 15.4. The molecule has 0 aromatic heterocycles. The van der Waals surface area contributed by atoms with E-state index in [4.69, 9.17) is 9.05 Å². The van der Waals surface area contributed by atoms with Crippen LogP contribution < -0.4 is 9.05 Å². The van der Waals surface area contributed by atoms with Crippen molar-refractivity contribution in [3.05, 3.63) is 117 Å². The smallest absolute Gasteiger partial charge is 0.403 e. The molecule has 5 aromatic carbocycles. The standard InChI is InChI=1S/C38H40O8P2/c1-21-13-9-14-22(2)29(21)33-34(30-23(3)15-10-16-24(30)4)37(45-47(39,40)41)36(32-27(7)19-12-20-28(32)8)38(46-48(42,43)44)35(33)31-25(5)17-11-18-26(31)6/h9-20H,1-8H3,(H2,39,40,41)(H2,42,43,44). The van der Waals surface area contributed by atoms with Crippen LogP contribution in [0.2, 0.25) is 0 Å². The molecular weight excluding hydrogens is 646 g/mol. The maximum atomic E-state index is 13.0. The van der Waals surface area contributed by atoms with E-state index in [9.17, 15) is 28.7 Å². The molecule has 0 saturated heterocycles. The Bertz CT molecular complexity index is 1990. The van der Waals surface area contributed by atoms with E-state index < -0.39 is 15.6 Å². The largest absolute Gasteiger partial charge is 0.524 e. The van der Waals surface area contributed by atoms with Gasteiger partial charge in [0, 0.05) is 16.7 Å². The molecule has 0 unspecified atom stereocenters. The zero-order chi connectivity index (χ0) is 35.3. The molecule has 8 nitrogen and oxygen atoms in total. The normalized spacial score (nSPS) is 11.9. The van der Waals surface area contributed by atoms with E-state index in [1.54, 1.807) is 0 Å². The topological polar surface area (TPSA) is 134 Å². The highest BCUT2D eigenvalue weighted by molar-refractivity contribution is 7.47. The van der Waals surface area contributed by atoms with Gasteiger partial charge in [-0.3, -0.25) is 19.6 Å². The predicted octanol–water partition coefficient (Wildman–Crippen LogP) is 9.76. The van der Waals surface area contributed by atoms with Gasteiger partial charge in [0.1, 0.15) is 0 Å². The summed E-state index contributed by atoms with van der Waals surface area (Å²) < 4.78 is 37.6. The number of benzene rings is 5. The number of aryl methyl sites for hydroxylation is 8. The lowest BCUT2D eigenvalue weighted by atomic mass is 9.77. The SMILES string of the molecule is Cc1cccc(C)c1-c1c(OP(=O)(O)O)c(-c2c(C)cccc2C)c(-c2c(C)cccc2C)c(-c2c(C)cccc2C)c1OP(=O)(O)O. The summed E-state index contributed by atoms with van der Waals surface area (Å²) in [7, 11) is -10.6. The van der Waals surface area contributed by atoms with E-state index in [2.05, 4.69) is 0 Å². The first-order chi connectivity index (χ1) is 22.4. The second-order valence-electron chi connectivity index (χ2n) is 12.4. The molecule has 4 N–H and O–H groups in total. The van der Waals surface area contributed by atoms with Crippen LogP contribution in [-0.4, -0.2) is 19.6 Å². The molecule has 0 aliphatic heterocycles. The quantitative estimate of drug-likeness (QED) is 0.119. The van der Waals surface area contributed by atoms with Crippen molar-refractivity contribution in [2.75, 3.05) is 0 Å². The Morgan fingerprint density at radius 3 is 0.792 bits per heavy atom. The van der Waals surface area contributed by atoms with Gasteiger partial charge in [-0.05, 0) is 122 Å². The number of rotatable bonds is 8. The molecule has 0 heterocycles. The van der Waals surface area contributed by atoms with Crippen molar-refractivity contribution >= 4 is 15.6 Å². The molecule has 0 radical (unpaired) electrons. The van der Waals surface area contributed by atoms with Crippen LogP contribution in [0.3, 0.4) is 0 Å².